The first kappa shape index (κ1) is 20.3. The maximum Gasteiger partial charge on any atom is 0.358 e. The monoisotopic (exact) mass is 410 g/mol. The number of nitrogens with zero attached hydrogens (tertiary/aromatic N) is 3. The van der Waals surface area contributed by atoms with Crippen molar-refractivity contribution < 1.29 is 19.1 Å². The minimum Gasteiger partial charge on any atom is -0.451 e. The molecule has 1 amide bonds. The number of amides is 1. The highest BCUT2D eigenvalue weighted by Gasteiger charge is 2.14. The van der Waals surface area contributed by atoms with Gasteiger partial charge in [0.25, 0.3) is 5.91 Å². The lowest BCUT2D eigenvalue weighted by Crippen LogP contribution is -2.21. The van der Waals surface area contributed by atoms with Crippen LogP contribution in [0.4, 0.5) is 17.1 Å². The predicted octanol–water partition coefficient (Wildman–Crippen LogP) is 4.50. The molecule has 0 aliphatic carbocycles. The number of ether oxygens (including phenoxy) is 2. The highest BCUT2D eigenvalue weighted by atomic mass is 32.1. The molecular weight excluding hydrogens is 392 g/mol. The van der Waals surface area contributed by atoms with Gasteiger partial charge >= 0.3 is 5.97 Å². The van der Waals surface area contributed by atoms with Gasteiger partial charge in [0.05, 0.1) is 18.0 Å². The molecule has 0 radical (unpaired) electrons. The van der Waals surface area contributed by atoms with Crippen LogP contribution in [0.3, 0.4) is 0 Å². The Bertz CT molecular complexity index is 987. The first-order valence-electron chi connectivity index (χ1n) is 8.61. The van der Waals surface area contributed by atoms with Crippen LogP contribution < -0.4 is 5.32 Å². The summed E-state index contributed by atoms with van der Waals surface area (Å²) in [5.41, 5.74) is 2.11. The number of nitrogens with one attached hydrogen (secondary N) is 1. The molecule has 0 unspecified atom stereocenters. The van der Waals surface area contributed by atoms with Gasteiger partial charge in [0.15, 0.2) is 12.3 Å². The maximum absolute atomic E-state index is 12.0. The number of carbonyl (C=O) groups excluding carboxylic acids is 2. The van der Waals surface area contributed by atoms with E-state index in [1.807, 2.05) is 30.3 Å². The fourth-order valence-corrected chi connectivity index (χ4v) is 2.95. The number of anilines is 1. The summed E-state index contributed by atoms with van der Waals surface area (Å²) in [6.45, 7) is -0.0925. The van der Waals surface area contributed by atoms with E-state index >= 15 is 0 Å². The van der Waals surface area contributed by atoms with Gasteiger partial charge in [0.1, 0.15) is 5.01 Å². The fourth-order valence-electron chi connectivity index (χ4n) is 2.22. The number of aromatic nitrogens is 1. The summed E-state index contributed by atoms with van der Waals surface area (Å²) in [6, 6.07) is 16.2. The molecule has 2 aromatic carbocycles. The summed E-state index contributed by atoms with van der Waals surface area (Å²) >= 11 is 1.29. The zero-order valence-corrected chi connectivity index (χ0v) is 16.4. The predicted molar refractivity (Wildman–Crippen MR) is 109 cm³/mol. The lowest BCUT2D eigenvalue weighted by Gasteiger charge is -2.06. The van der Waals surface area contributed by atoms with Crippen molar-refractivity contribution in [2.75, 3.05) is 19.0 Å². The van der Waals surface area contributed by atoms with Gasteiger partial charge in [-0.25, -0.2) is 9.78 Å². The van der Waals surface area contributed by atoms with E-state index in [4.69, 9.17) is 9.47 Å². The third-order valence-electron chi connectivity index (χ3n) is 3.55. The Morgan fingerprint density at radius 1 is 1.03 bits per heavy atom. The van der Waals surface area contributed by atoms with Crippen LogP contribution in [0.25, 0.3) is 0 Å². The third kappa shape index (κ3) is 6.30. The molecule has 0 fully saturated rings. The Kier molecular flexibility index (Phi) is 7.15. The molecule has 0 saturated heterocycles. The number of esters is 1. The first-order valence-corrected chi connectivity index (χ1v) is 9.49. The van der Waals surface area contributed by atoms with Gasteiger partial charge in [-0.05, 0) is 36.4 Å². The zero-order chi connectivity index (χ0) is 20.5. The molecule has 0 bridgehead atoms. The smallest absolute Gasteiger partial charge is 0.358 e. The molecule has 1 heterocycles. The Balaban J connectivity index is 1.47. The summed E-state index contributed by atoms with van der Waals surface area (Å²) in [5, 5.41) is 13.1. The second-order valence-corrected chi connectivity index (χ2v) is 6.71. The average molecular weight is 410 g/mol. The minimum atomic E-state index is -0.657. The minimum absolute atomic E-state index is 0.156. The van der Waals surface area contributed by atoms with Crippen molar-refractivity contribution in [3.63, 3.8) is 0 Å². The van der Waals surface area contributed by atoms with Crippen LogP contribution in [0.5, 0.6) is 0 Å². The number of hydrogen-bond donors (Lipinski definition) is 1. The molecule has 1 N–H and O–H groups in total. The molecule has 3 aromatic rings. The molecule has 8 nitrogen and oxygen atoms in total. The van der Waals surface area contributed by atoms with E-state index < -0.39 is 18.5 Å². The topological polar surface area (TPSA) is 102 Å². The Morgan fingerprint density at radius 3 is 2.41 bits per heavy atom. The van der Waals surface area contributed by atoms with E-state index in [1.165, 1.54) is 11.3 Å². The van der Waals surface area contributed by atoms with E-state index in [-0.39, 0.29) is 5.69 Å². The van der Waals surface area contributed by atoms with Crippen molar-refractivity contribution in [3.8, 4) is 0 Å². The van der Waals surface area contributed by atoms with Gasteiger partial charge < -0.3 is 14.8 Å². The summed E-state index contributed by atoms with van der Waals surface area (Å²) in [5.74, 6) is -1.11. The standard InChI is InChI=1S/C20H18N4O4S/c1-27-12-19-22-17(13-29-19)20(26)28-11-18(25)21-14-7-9-16(10-8-14)24-23-15-5-3-2-4-6-15/h2-10,13H,11-12H2,1H3,(H,21,25). The van der Waals surface area contributed by atoms with Gasteiger partial charge in [0.2, 0.25) is 0 Å². The molecule has 0 atom stereocenters. The van der Waals surface area contributed by atoms with Crippen LogP contribution in [0.15, 0.2) is 70.2 Å². The van der Waals surface area contributed by atoms with Crippen molar-refractivity contribution in [1.82, 2.24) is 4.98 Å². The summed E-state index contributed by atoms with van der Waals surface area (Å²) < 4.78 is 9.93. The molecular formula is C20H18N4O4S. The van der Waals surface area contributed by atoms with Crippen LogP contribution in [-0.2, 0) is 20.9 Å². The van der Waals surface area contributed by atoms with Crippen LogP contribution in [-0.4, -0.2) is 30.6 Å². The van der Waals surface area contributed by atoms with Gasteiger partial charge in [-0.2, -0.15) is 10.2 Å². The lowest BCUT2D eigenvalue weighted by molar-refractivity contribution is -0.119. The average Bonchev–Trinajstić information content (AvgIpc) is 3.21. The lowest BCUT2D eigenvalue weighted by atomic mass is 10.3. The fraction of sp³-hybridized carbons (Fsp3) is 0.150. The van der Waals surface area contributed by atoms with Crippen LogP contribution >= 0.6 is 11.3 Å². The largest absolute Gasteiger partial charge is 0.451 e. The molecule has 3 rings (SSSR count). The number of carbonyl (C=O) groups is 2. The highest BCUT2D eigenvalue weighted by Crippen LogP contribution is 2.20. The second kappa shape index (κ2) is 10.2. The second-order valence-electron chi connectivity index (χ2n) is 5.77. The van der Waals surface area contributed by atoms with Gasteiger partial charge in [0, 0.05) is 18.2 Å². The quantitative estimate of drug-likeness (QED) is 0.435. The van der Waals surface area contributed by atoms with Crippen molar-refractivity contribution in [3.05, 3.63) is 70.7 Å². The Labute approximate surface area is 171 Å². The van der Waals surface area contributed by atoms with Gasteiger partial charge in [-0.1, -0.05) is 18.2 Å². The number of methoxy groups -OCH3 is 1. The van der Waals surface area contributed by atoms with Gasteiger partial charge in [-0.3, -0.25) is 4.79 Å². The van der Waals surface area contributed by atoms with E-state index in [9.17, 15) is 9.59 Å². The molecule has 9 heteroatoms. The molecule has 148 valence electrons. The van der Waals surface area contributed by atoms with Crippen molar-refractivity contribution in [2.45, 2.75) is 6.61 Å². The van der Waals surface area contributed by atoms with E-state index in [1.54, 1.807) is 36.8 Å². The molecule has 29 heavy (non-hydrogen) atoms. The summed E-state index contributed by atoms with van der Waals surface area (Å²) in [6.07, 6.45) is 0. The number of benzene rings is 2. The maximum atomic E-state index is 12.0. The number of azo groups is 1. The summed E-state index contributed by atoms with van der Waals surface area (Å²) in [7, 11) is 1.54. The molecule has 0 saturated carbocycles. The molecule has 0 spiro atoms. The molecule has 0 aliphatic heterocycles. The first-order chi connectivity index (χ1) is 14.1. The van der Waals surface area contributed by atoms with Crippen molar-refractivity contribution in [1.29, 1.82) is 0 Å². The molecule has 1 aromatic heterocycles. The summed E-state index contributed by atoms with van der Waals surface area (Å²) in [4.78, 5) is 28.0. The SMILES string of the molecule is COCc1nc(C(=O)OCC(=O)Nc2ccc(N=Nc3ccccc3)cc2)cs1. The van der Waals surface area contributed by atoms with Crippen LogP contribution in [0, 0.1) is 0 Å². The molecule has 0 aliphatic rings. The highest BCUT2D eigenvalue weighted by molar-refractivity contribution is 7.09. The third-order valence-corrected chi connectivity index (χ3v) is 4.37. The van der Waals surface area contributed by atoms with E-state index in [0.29, 0.717) is 23.0 Å². The van der Waals surface area contributed by atoms with E-state index in [0.717, 1.165) is 5.69 Å². The number of hydrogen-bond acceptors (Lipinski definition) is 8. The Morgan fingerprint density at radius 2 is 1.72 bits per heavy atom. The van der Waals surface area contributed by atoms with Crippen molar-refractivity contribution >= 4 is 40.3 Å². The van der Waals surface area contributed by atoms with Crippen LogP contribution in [0.2, 0.25) is 0 Å². The Hall–Kier alpha value is -3.43. The normalized spacial score (nSPS) is 10.8. The van der Waals surface area contributed by atoms with E-state index in [2.05, 4.69) is 20.5 Å². The van der Waals surface area contributed by atoms with Crippen molar-refractivity contribution in [2.24, 2.45) is 10.2 Å². The van der Waals surface area contributed by atoms with Crippen LogP contribution in [0.1, 0.15) is 15.5 Å². The zero-order valence-electron chi connectivity index (χ0n) is 15.6. The number of rotatable bonds is 8. The number of thiazole rings is 1. The van der Waals surface area contributed by atoms with Gasteiger partial charge in [-0.15, -0.1) is 11.3 Å².